The Hall–Kier alpha value is -2.17. The van der Waals surface area contributed by atoms with Crippen LogP contribution in [0.5, 0.6) is 0 Å². The van der Waals surface area contributed by atoms with Crippen molar-refractivity contribution in [2.24, 2.45) is 0 Å². The van der Waals surface area contributed by atoms with Crippen LogP contribution >= 0.6 is 22.6 Å². The van der Waals surface area contributed by atoms with Crippen LogP contribution in [-0.2, 0) is 14.4 Å². The molecular formula is C14H15IN2O6. The SMILES string of the molecule is O=C(O)CC[C@H](NC(=O)c1ccc(NC(=O)CI)cc1)C(=O)O. The summed E-state index contributed by atoms with van der Waals surface area (Å²) in [5, 5.41) is 22.5. The van der Waals surface area contributed by atoms with Crippen molar-refractivity contribution in [2.45, 2.75) is 18.9 Å². The van der Waals surface area contributed by atoms with E-state index in [1.165, 1.54) is 24.3 Å². The zero-order valence-corrected chi connectivity index (χ0v) is 14.1. The number of halogens is 1. The highest BCUT2D eigenvalue weighted by Crippen LogP contribution is 2.10. The molecule has 1 rings (SSSR count). The number of anilines is 1. The highest BCUT2D eigenvalue weighted by molar-refractivity contribution is 14.1. The second-order valence-electron chi connectivity index (χ2n) is 4.56. The molecule has 1 atom stereocenters. The lowest BCUT2D eigenvalue weighted by molar-refractivity contribution is -0.140. The van der Waals surface area contributed by atoms with E-state index >= 15 is 0 Å². The summed E-state index contributed by atoms with van der Waals surface area (Å²) in [5.41, 5.74) is 0.725. The molecule has 0 unspecified atom stereocenters. The van der Waals surface area contributed by atoms with Gasteiger partial charge in [0.25, 0.3) is 5.91 Å². The Bertz CT molecular complexity index is 602. The highest BCUT2D eigenvalue weighted by atomic mass is 127. The van der Waals surface area contributed by atoms with E-state index in [9.17, 15) is 19.2 Å². The normalized spacial score (nSPS) is 11.3. The number of carbonyl (C=O) groups excluding carboxylic acids is 2. The molecule has 9 heteroatoms. The molecule has 2 amide bonds. The molecule has 0 bridgehead atoms. The van der Waals surface area contributed by atoms with Gasteiger partial charge in [-0.1, -0.05) is 22.6 Å². The van der Waals surface area contributed by atoms with Crippen LogP contribution in [0.25, 0.3) is 0 Å². The summed E-state index contributed by atoms with van der Waals surface area (Å²) in [6.07, 6.45) is -0.571. The molecule has 0 aliphatic rings. The molecule has 23 heavy (non-hydrogen) atoms. The molecule has 0 aromatic heterocycles. The molecule has 4 N–H and O–H groups in total. The number of carboxylic acid groups (broad SMARTS) is 2. The Morgan fingerprint density at radius 2 is 1.70 bits per heavy atom. The van der Waals surface area contributed by atoms with E-state index < -0.39 is 23.9 Å². The van der Waals surface area contributed by atoms with Gasteiger partial charge in [-0.05, 0) is 30.7 Å². The van der Waals surface area contributed by atoms with Gasteiger partial charge in [0.2, 0.25) is 5.91 Å². The molecule has 0 radical (unpaired) electrons. The van der Waals surface area contributed by atoms with Gasteiger partial charge >= 0.3 is 11.9 Å². The van der Waals surface area contributed by atoms with Crippen LogP contribution in [0.15, 0.2) is 24.3 Å². The van der Waals surface area contributed by atoms with Gasteiger partial charge in [0.15, 0.2) is 0 Å². The van der Waals surface area contributed by atoms with Gasteiger partial charge in [0.05, 0.1) is 4.43 Å². The summed E-state index contributed by atoms with van der Waals surface area (Å²) >= 11 is 1.92. The number of hydrogen-bond acceptors (Lipinski definition) is 4. The minimum atomic E-state index is -1.30. The van der Waals surface area contributed by atoms with Gasteiger partial charge in [0.1, 0.15) is 6.04 Å². The van der Waals surface area contributed by atoms with Gasteiger partial charge in [0, 0.05) is 17.7 Å². The Morgan fingerprint density at radius 1 is 1.09 bits per heavy atom. The number of amides is 2. The van der Waals surface area contributed by atoms with Crippen molar-refractivity contribution >= 4 is 52.0 Å². The first-order valence-electron chi connectivity index (χ1n) is 6.55. The molecule has 1 aromatic rings. The van der Waals surface area contributed by atoms with E-state index in [2.05, 4.69) is 10.6 Å². The van der Waals surface area contributed by atoms with Crippen LogP contribution in [0.4, 0.5) is 5.69 Å². The number of alkyl halides is 1. The molecular weight excluding hydrogens is 419 g/mol. The lowest BCUT2D eigenvalue weighted by Crippen LogP contribution is -2.41. The number of rotatable bonds is 8. The number of carboxylic acids is 2. The van der Waals surface area contributed by atoms with Gasteiger partial charge in [-0.15, -0.1) is 0 Å². The average molecular weight is 434 g/mol. The maximum atomic E-state index is 12.0. The minimum Gasteiger partial charge on any atom is -0.481 e. The van der Waals surface area contributed by atoms with Crippen molar-refractivity contribution in [3.63, 3.8) is 0 Å². The van der Waals surface area contributed by atoms with Crippen LogP contribution in [-0.4, -0.2) is 44.4 Å². The van der Waals surface area contributed by atoms with Crippen LogP contribution in [0.2, 0.25) is 0 Å². The van der Waals surface area contributed by atoms with Crippen molar-refractivity contribution in [2.75, 3.05) is 9.74 Å². The fraction of sp³-hybridized carbons (Fsp3) is 0.286. The van der Waals surface area contributed by atoms with E-state index in [0.717, 1.165) is 0 Å². The zero-order valence-electron chi connectivity index (χ0n) is 11.9. The molecule has 124 valence electrons. The van der Waals surface area contributed by atoms with E-state index in [-0.39, 0.29) is 24.3 Å². The number of benzene rings is 1. The Morgan fingerprint density at radius 3 is 2.17 bits per heavy atom. The maximum absolute atomic E-state index is 12.0. The van der Waals surface area contributed by atoms with Crippen LogP contribution in [0.1, 0.15) is 23.2 Å². The predicted octanol–water partition coefficient (Wildman–Crippen LogP) is 1.11. The molecule has 0 aliphatic heterocycles. The quantitative estimate of drug-likeness (QED) is 0.358. The molecule has 0 spiro atoms. The molecule has 0 saturated carbocycles. The van der Waals surface area contributed by atoms with Gasteiger partial charge < -0.3 is 20.8 Å². The number of nitrogens with one attached hydrogen (secondary N) is 2. The average Bonchev–Trinajstić information content (AvgIpc) is 2.51. The summed E-state index contributed by atoms with van der Waals surface area (Å²) in [6.45, 7) is 0. The molecule has 0 fully saturated rings. The van der Waals surface area contributed by atoms with Crippen LogP contribution < -0.4 is 10.6 Å². The first-order valence-corrected chi connectivity index (χ1v) is 8.07. The van der Waals surface area contributed by atoms with Crippen molar-refractivity contribution < 1.29 is 29.4 Å². The van der Waals surface area contributed by atoms with E-state index in [4.69, 9.17) is 10.2 Å². The summed E-state index contributed by atoms with van der Waals surface area (Å²) in [6, 6.07) is 4.64. The largest absolute Gasteiger partial charge is 0.481 e. The monoisotopic (exact) mass is 434 g/mol. The predicted molar refractivity (Wildman–Crippen MR) is 89.7 cm³/mol. The first-order chi connectivity index (χ1) is 10.8. The summed E-state index contributed by atoms with van der Waals surface area (Å²) in [5.74, 6) is -3.25. The fourth-order valence-corrected chi connectivity index (χ4v) is 1.86. The van der Waals surface area contributed by atoms with E-state index in [1.807, 2.05) is 22.6 Å². The molecule has 0 aliphatic carbocycles. The van der Waals surface area contributed by atoms with Crippen molar-refractivity contribution in [3.8, 4) is 0 Å². The third-order valence-electron chi connectivity index (χ3n) is 2.80. The third kappa shape index (κ3) is 6.63. The molecule has 0 heterocycles. The van der Waals surface area contributed by atoms with E-state index in [1.54, 1.807) is 0 Å². The second-order valence-corrected chi connectivity index (χ2v) is 5.32. The van der Waals surface area contributed by atoms with Gasteiger partial charge in [-0.3, -0.25) is 14.4 Å². The van der Waals surface area contributed by atoms with Crippen LogP contribution in [0, 0.1) is 0 Å². The number of carbonyl (C=O) groups is 4. The first kappa shape index (κ1) is 18.9. The van der Waals surface area contributed by atoms with E-state index in [0.29, 0.717) is 10.1 Å². The Labute approximate surface area is 145 Å². The zero-order chi connectivity index (χ0) is 17.4. The number of aliphatic carboxylic acids is 2. The maximum Gasteiger partial charge on any atom is 0.326 e. The topological polar surface area (TPSA) is 133 Å². The lowest BCUT2D eigenvalue weighted by atomic mass is 10.1. The van der Waals surface area contributed by atoms with Crippen molar-refractivity contribution in [1.29, 1.82) is 0 Å². The van der Waals surface area contributed by atoms with Crippen LogP contribution in [0.3, 0.4) is 0 Å². The Balaban J connectivity index is 2.70. The second kappa shape index (κ2) is 9.08. The summed E-state index contributed by atoms with van der Waals surface area (Å²) < 4.78 is 0.296. The van der Waals surface area contributed by atoms with Crippen molar-refractivity contribution in [3.05, 3.63) is 29.8 Å². The third-order valence-corrected chi connectivity index (χ3v) is 3.50. The smallest absolute Gasteiger partial charge is 0.326 e. The summed E-state index contributed by atoms with van der Waals surface area (Å²) in [7, 11) is 0. The Kier molecular flexibility index (Phi) is 7.45. The molecule has 8 nitrogen and oxygen atoms in total. The minimum absolute atomic E-state index is 0.178. The van der Waals surface area contributed by atoms with Gasteiger partial charge in [-0.25, -0.2) is 4.79 Å². The number of hydrogen-bond donors (Lipinski definition) is 4. The van der Waals surface area contributed by atoms with Gasteiger partial charge in [-0.2, -0.15) is 0 Å². The highest BCUT2D eigenvalue weighted by Gasteiger charge is 2.21. The summed E-state index contributed by atoms with van der Waals surface area (Å²) in [4.78, 5) is 44.7. The standard InChI is InChI=1S/C14H15IN2O6/c15-7-11(18)16-9-3-1-8(2-4-9)13(21)17-10(14(22)23)5-6-12(19)20/h1-4,10H,5-7H2,(H,16,18)(H,17,21)(H,19,20)(H,22,23)/t10-/m0/s1. The fourth-order valence-electron chi connectivity index (χ4n) is 1.67. The molecule has 0 saturated heterocycles. The van der Waals surface area contributed by atoms with Crippen molar-refractivity contribution in [1.82, 2.24) is 5.32 Å². The molecule has 1 aromatic carbocycles. The lowest BCUT2D eigenvalue weighted by Gasteiger charge is -2.13.